The molecule has 1 unspecified atom stereocenters. The Morgan fingerprint density at radius 1 is 1.25 bits per heavy atom. The van der Waals surface area contributed by atoms with Gasteiger partial charge in [0.2, 0.25) is 0 Å². The van der Waals surface area contributed by atoms with E-state index in [-0.39, 0.29) is 12.0 Å². The average molecular weight is 310 g/mol. The minimum Gasteiger partial charge on any atom is -0.463 e. The topological polar surface area (TPSA) is 26.3 Å². The zero-order valence-electron chi connectivity index (χ0n) is 9.15. The second kappa shape index (κ2) is 8.68. The molecule has 0 radical (unpaired) electrons. The average Bonchev–Trinajstić information content (AvgIpc) is 2.16. The molecule has 0 aliphatic heterocycles. The van der Waals surface area contributed by atoms with Crippen LogP contribution in [0.1, 0.15) is 39.0 Å². The Hall–Kier alpha value is 0.630. The van der Waals surface area contributed by atoms with Gasteiger partial charge >= 0.3 is 5.97 Å². The van der Waals surface area contributed by atoms with Crippen molar-refractivity contribution in [2.24, 2.45) is 0 Å². The molecule has 0 rings (SSSR count). The van der Waals surface area contributed by atoms with Crippen molar-refractivity contribution in [3.63, 3.8) is 0 Å². The van der Waals surface area contributed by atoms with Gasteiger partial charge < -0.3 is 4.74 Å². The predicted octanol–water partition coefficient (Wildman–Crippen LogP) is 4.48. The van der Waals surface area contributed by atoms with Crippen LogP contribution in [0.5, 0.6) is 0 Å². The van der Waals surface area contributed by atoms with Crippen molar-refractivity contribution in [3.8, 4) is 0 Å². The van der Waals surface area contributed by atoms with Crippen LogP contribution in [0.3, 0.4) is 0 Å². The Bertz CT molecular complexity index is 203. The van der Waals surface area contributed by atoms with Gasteiger partial charge in [-0.2, -0.15) is 0 Å². The van der Waals surface area contributed by atoms with E-state index in [2.05, 4.69) is 6.92 Å². The van der Waals surface area contributed by atoms with Crippen LogP contribution in [0.4, 0.5) is 0 Å². The van der Waals surface area contributed by atoms with E-state index in [1.165, 1.54) is 0 Å². The van der Waals surface area contributed by atoms with E-state index in [0.717, 1.165) is 32.1 Å². The summed E-state index contributed by atoms with van der Waals surface area (Å²) in [6.07, 6.45) is 4.65. The van der Waals surface area contributed by atoms with Gasteiger partial charge in [-0.05, 0) is 25.7 Å². The lowest BCUT2D eigenvalue weighted by molar-refractivity contribution is -0.142. The maximum atomic E-state index is 11.0. The minimum atomic E-state index is -1.97. The SMILES string of the molecule is CCCC(Cl)CCCCOC(=O)C(Cl)(Cl)Cl. The third-order valence-electron chi connectivity index (χ3n) is 1.98. The molecular weight excluding hydrogens is 294 g/mol. The normalized spacial score (nSPS) is 13.6. The van der Waals surface area contributed by atoms with E-state index >= 15 is 0 Å². The van der Waals surface area contributed by atoms with E-state index < -0.39 is 9.76 Å². The standard InChI is InChI=1S/C10H16Cl4O2/c1-2-5-8(11)6-3-4-7-16-9(15)10(12,13)14/h8H,2-7H2,1H3. The second-order valence-corrected chi connectivity index (χ2v) is 6.41. The molecule has 0 aromatic rings. The summed E-state index contributed by atoms with van der Waals surface area (Å²) in [6.45, 7) is 2.36. The summed E-state index contributed by atoms with van der Waals surface area (Å²) in [5.41, 5.74) is 0. The van der Waals surface area contributed by atoms with E-state index in [4.69, 9.17) is 51.1 Å². The Morgan fingerprint density at radius 2 is 1.88 bits per heavy atom. The van der Waals surface area contributed by atoms with Crippen molar-refractivity contribution >= 4 is 52.4 Å². The number of esters is 1. The molecule has 0 aromatic heterocycles. The van der Waals surface area contributed by atoms with Gasteiger partial charge in [0.15, 0.2) is 0 Å². The number of hydrogen-bond donors (Lipinski definition) is 0. The van der Waals surface area contributed by atoms with Crippen LogP contribution in [0.2, 0.25) is 0 Å². The maximum Gasteiger partial charge on any atom is 0.358 e. The molecule has 0 saturated carbocycles. The van der Waals surface area contributed by atoms with Crippen LogP contribution in [0.25, 0.3) is 0 Å². The van der Waals surface area contributed by atoms with Crippen LogP contribution in [-0.2, 0) is 9.53 Å². The Labute approximate surface area is 117 Å². The highest BCUT2D eigenvalue weighted by Gasteiger charge is 2.32. The first-order valence-corrected chi connectivity index (χ1v) is 6.83. The van der Waals surface area contributed by atoms with Gasteiger partial charge in [0.05, 0.1) is 6.61 Å². The first-order valence-electron chi connectivity index (χ1n) is 5.26. The minimum absolute atomic E-state index is 0.203. The fraction of sp³-hybridized carbons (Fsp3) is 0.900. The van der Waals surface area contributed by atoms with Crippen LogP contribution in [0.15, 0.2) is 0 Å². The number of alkyl halides is 4. The Balaban J connectivity index is 3.44. The number of unbranched alkanes of at least 4 members (excludes halogenated alkanes) is 1. The molecule has 0 bridgehead atoms. The zero-order chi connectivity index (χ0) is 12.6. The van der Waals surface area contributed by atoms with Crippen molar-refractivity contribution in [2.75, 3.05) is 6.61 Å². The van der Waals surface area contributed by atoms with Crippen LogP contribution >= 0.6 is 46.4 Å². The quantitative estimate of drug-likeness (QED) is 0.394. The number of halogens is 4. The molecule has 2 nitrogen and oxygen atoms in total. The highest BCUT2D eigenvalue weighted by Crippen LogP contribution is 2.27. The summed E-state index contributed by atoms with van der Waals surface area (Å²) < 4.78 is 2.80. The number of rotatable bonds is 7. The molecule has 0 aromatic carbocycles. The smallest absolute Gasteiger partial charge is 0.358 e. The summed E-state index contributed by atoms with van der Waals surface area (Å²) in [5, 5.41) is 0.203. The van der Waals surface area contributed by atoms with Gasteiger partial charge in [-0.15, -0.1) is 11.6 Å². The van der Waals surface area contributed by atoms with Crippen molar-refractivity contribution in [2.45, 2.75) is 48.2 Å². The summed E-state index contributed by atoms with van der Waals surface area (Å²) in [7, 11) is 0. The van der Waals surface area contributed by atoms with Gasteiger partial charge in [0, 0.05) is 5.38 Å². The molecule has 16 heavy (non-hydrogen) atoms. The Morgan fingerprint density at radius 3 is 2.38 bits per heavy atom. The number of hydrogen-bond acceptors (Lipinski definition) is 2. The monoisotopic (exact) mass is 308 g/mol. The summed E-state index contributed by atoms with van der Waals surface area (Å²) in [6, 6.07) is 0. The molecule has 0 N–H and O–H groups in total. The molecule has 0 fully saturated rings. The molecule has 0 saturated heterocycles. The molecule has 6 heteroatoms. The van der Waals surface area contributed by atoms with Crippen LogP contribution < -0.4 is 0 Å². The van der Waals surface area contributed by atoms with Crippen molar-refractivity contribution in [3.05, 3.63) is 0 Å². The van der Waals surface area contributed by atoms with Gasteiger partial charge in [-0.25, -0.2) is 4.79 Å². The molecule has 0 amide bonds. The third-order valence-corrected chi connectivity index (χ3v) is 2.88. The highest BCUT2D eigenvalue weighted by molar-refractivity contribution is 6.75. The van der Waals surface area contributed by atoms with E-state index in [0.29, 0.717) is 0 Å². The highest BCUT2D eigenvalue weighted by atomic mass is 35.6. The lowest BCUT2D eigenvalue weighted by Crippen LogP contribution is -2.22. The molecule has 0 spiro atoms. The predicted molar refractivity (Wildman–Crippen MR) is 69.6 cm³/mol. The molecule has 96 valence electrons. The van der Waals surface area contributed by atoms with Gasteiger partial charge in [-0.1, -0.05) is 48.1 Å². The molecule has 1 atom stereocenters. The lowest BCUT2D eigenvalue weighted by Gasteiger charge is -2.11. The summed E-state index contributed by atoms with van der Waals surface area (Å²) in [4.78, 5) is 11.0. The fourth-order valence-corrected chi connectivity index (χ4v) is 1.71. The summed E-state index contributed by atoms with van der Waals surface area (Å²) in [5.74, 6) is -0.825. The van der Waals surface area contributed by atoms with E-state index in [1.54, 1.807) is 0 Å². The van der Waals surface area contributed by atoms with E-state index in [9.17, 15) is 4.79 Å². The summed E-state index contributed by atoms with van der Waals surface area (Å²) >= 11 is 22.0. The van der Waals surface area contributed by atoms with Gasteiger partial charge in [0.25, 0.3) is 3.79 Å². The fourth-order valence-electron chi connectivity index (χ4n) is 1.17. The molecular formula is C10H16Cl4O2. The number of carbonyl (C=O) groups excluding carboxylic acids is 1. The third kappa shape index (κ3) is 8.74. The van der Waals surface area contributed by atoms with Crippen LogP contribution in [0, 0.1) is 0 Å². The van der Waals surface area contributed by atoms with E-state index in [1.807, 2.05) is 0 Å². The lowest BCUT2D eigenvalue weighted by atomic mass is 10.1. The molecule has 0 aliphatic carbocycles. The molecule has 0 heterocycles. The second-order valence-electron chi connectivity index (χ2n) is 3.52. The first-order chi connectivity index (χ1) is 7.38. The van der Waals surface area contributed by atoms with Crippen molar-refractivity contribution in [1.82, 2.24) is 0 Å². The zero-order valence-corrected chi connectivity index (χ0v) is 12.2. The van der Waals surface area contributed by atoms with Gasteiger partial charge in [0.1, 0.15) is 0 Å². The van der Waals surface area contributed by atoms with Crippen molar-refractivity contribution in [1.29, 1.82) is 0 Å². The number of ether oxygens (including phenoxy) is 1. The number of carbonyl (C=O) groups is 1. The Kier molecular flexibility index (Phi) is 9.02. The van der Waals surface area contributed by atoms with Crippen LogP contribution in [-0.4, -0.2) is 21.7 Å². The largest absolute Gasteiger partial charge is 0.463 e. The van der Waals surface area contributed by atoms with Crippen molar-refractivity contribution < 1.29 is 9.53 Å². The maximum absolute atomic E-state index is 11.0. The first kappa shape index (κ1) is 16.6. The van der Waals surface area contributed by atoms with Gasteiger partial charge in [-0.3, -0.25) is 0 Å². The molecule has 0 aliphatic rings.